The van der Waals surface area contributed by atoms with Gasteiger partial charge in [-0.05, 0) is 50.0 Å². The van der Waals surface area contributed by atoms with Gasteiger partial charge in [0.15, 0.2) is 0 Å². The van der Waals surface area contributed by atoms with Crippen LogP contribution < -0.4 is 0 Å². The predicted octanol–water partition coefficient (Wildman–Crippen LogP) is 2.56. The lowest BCUT2D eigenvalue weighted by molar-refractivity contribution is 0.481. The summed E-state index contributed by atoms with van der Waals surface area (Å²) in [5, 5.41) is 0. The minimum atomic E-state index is 0.929. The van der Waals surface area contributed by atoms with Crippen LogP contribution in [0.5, 0.6) is 0 Å². The van der Waals surface area contributed by atoms with E-state index in [2.05, 4.69) is 12.2 Å². The molecular formula is C9H13. The van der Waals surface area contributed by atoms with Crippen molar-refractivity contribution in [3.8, 4) is 0 Å². The molecule has 2 aliphatic carbocycles. The maximum atomic E-state index is 3.33. The molecule has 0 amide bonds. The minimum Gasteiger partial charge on any atom is -0.0777 e. The number of allylic oxidation sites excluding steroid dienone is 2. The van der Waals surface area contributed by atoms with Crippen molar-refractivity contribution >= 4 is 0 Å². The zero-order valence-corrected chi connectivity index (χ0v) is 5.77. The Morgan fingerprint density at radius 1 is 1.22 bits per heavy atom. The molecule has 0 spiro atoms. The third-order valence-electron chi connectivity index (χ3n) is 2.42. The van der Waals surface area contributed by atoms with E-state index < -0.39 is 0 Å². The van der Waals surface area contributed by atoms with Crippen molar-refractivity contribution < 1.29 is 0 Å². The largest absolute Gasteiger partial charge is 0.0777 e. The molecule has 0 saturated heterocycles. The third kappa shape index (κ3) is 1.17. The molecule has 1 unspecified atom stereocenters. The Labute approximate surface area is 57.0 Å². The lowest BCUT2D eigenvalue weighted by atomic mass is 9.92. The lowest BCUT2D eigenvalue weighted by Crippen LogP contribution is -2.02. The summed E-state index contributed by atoms with van der Waals surface area (Å²) in [5.74, 6) is 2.00. The van der Waals surface area contributed by atoms with Gasteiger partial charge in [0.05, 0.1) is 0 Å². The zero-order valence-electron chi connectivity index (χ0n) is 5.77. The maximum Gasteiger partial charge on any atom is -0.0199 e. The fraction of sp³-hybridized carbons (Fsp3) is 0.778. The SMILES string of the molecule is [C]1=CC(C2CC2)CCC1. The van der Waals surface area contributed by atoms with Gasteiger partial charge >= 0.3 is 0 Å². The zero-order chi connectivity index (χ0) is 6.10. The molecule has 1 fully saturated rings. The summed E-state index contributed by atoms with van der Waals surface area (Å²) in [5.41, 5.74) is 0. The Bertz CT molecular complexity index is 120. The summed E-state index contributed by atoms with van der Waals surface area (Å²) >= 11 is 0. The highest BCUT2D eigenvalue weighted by atomic mass is 14.3. The molecule has 0 aliphatic heterocycles. The summed E-state index contributed by atoms with van der Waals surface area (Å²) in [6.07, 6.45) is 12.7. The molecule has 0 heteroatoms. The van der Waals surface area contributed by atoms with Crippen LogP contribution in [-0.2, 0) is 0 Å². The summed E-state index contributed by atoms with van der Waals surface area (Å²) in [6.45, 7) is 0. The predicted molar refractivity (Wildman–Crippen MR) is 37.9 cm³/mol. The monoisotopic (exact) mass is 121 g/mol. The van der Waals surface area contributed by atoms with Crippen LogP contribution in [0.15, 0.2) is 6.08 Å². The number of rotatable bonds is 1. The van der Waals surface area contributed by atoms with Gasteiger partial charge in [-0.15, -0.1) is 0 Å². The summed E-state index contributed by atoms with van der Waals surface area (Å²) in [4.78, 5) is 0. The van der Waals surface area contributed by atoms with Gasteiger partial charge in [0.2, 0.25) is 0 Å². The molecule has 1 radical (unpaired) electrons. The fourth-order valence-electron chi connectivity index (χ4n) is 1.65. The fourth-order valence-corrected chi connectivity index (χ4v) is 1.65. The highest BCUT2D eigenvalue weighted by molar-refractivity contribution is 4.95. The van der Waals surface area contributed by atoms with Gasteiger partial charge in [-0.3, -0.25) is 0 Å². The minimum absolute atomic E-state index is 0.929. The van der Waals surface area contributed by atoms with Gasteiger partial charge in [-0.2, -0.15) is 0 Å². The maximum absolute atomic E-state index is 3.33. The normalized spacial score (nSPS) is 34.9. The Morgan fingerprint density at radius 2 is 2.11 bits per heavy atom. The second kappa shape index (κ2) is 2.17. The molecule has 1 atom stereocenters. The Balaban J connectivity index is 1.94. The molecule has 0 bridgehead atoms. The molecule has 0 aromatic heterocycles. The topological polar surface area (TPSA) is 0 Å². The highest BCUT2D eigenvalue weighted by Crippen LogP contribution is 2.41. The van der Waals surface area contributed by atoms with Crippen molar-refractivity contribution in [2.24, 2.45) is 11.8 Å². The van der Waals surface area contributed by atoms with E-state index in [9.17, 15) is 0 Å². The molecule has 0 N–H and O–H groups in total. The average molecular weight is 121 g/mol. The smallest absolute Gasteiger partial charge is 0.0199 e. The average Bonchev–Trinajstić information content (AvgIpc) is 2.71. The quantitative estimate of drug-likeness (QED) is 0.500. The van der Waals surface area contributed by atoms with Crippen LogP contribution in [-0.4, -0.2) is 0 Å². The van der Waals surface area contributed by atoms with Crippen LogP contribution in [0, 0.1) is 17.9 Å². The first-order valence-corrected chi connectivity index (χ1v) is 4.03. The first-order valence-electron chi connectivity index (χ1n) is 4.03. The van der Waals surface area contributed by atoms with Gasteiger partial charge in [0.1, 0.15) is 0 Å². The van der Waals surface area contributed by atoms with Crippen LogP contribution in [0.1, 0.15) is 32.1 Å². The van der Waals surface area contributed by atoms with Gasteiger partial charge < -0.3 is 0 Å². The summed E-state index contributed by atoms with van der Waals surface area (Å²) in [7, 11) is 0. The van der Waals surface area contributed by atoms with Crippen molar-refractivity contribution in [3.05, 3.63) is 12.2 Å². The molecule has 2 aliphatic rings. The van der Waals surface area contributed by atoms with E-state index in [1.807, 2.05) is 0 Å². The summed E-state index contributed by atoms with van der Waals surface area (Å²) in [6, 6.07) is 0. The number of hydrogen-bond donors (Lipinski definition) is 0. The second-order valence-corrected chi connectivity index (χ2v) is 3.26. The van der Waals surface area contributed by atoms with E-state index in [1.165, 1.54) is 32.1 Å². The third-order valence-corrected chi connectivity index (χ3v) is 2.42. The summed E-state index contributed by atoms with van der Waals surface area (Å²) < 4.78 is 0. The molecule has 0 aromatic rings. The van der Waals surface area contributed by atoms with Gasteiger partial charge in [-0.1, -0.05) is 6.08 Å². The molecule has 0 aromatic carbocycles. The van der Waals surface area contributed by atoms with E-state index in [1.54, 1.807) is 0 Å². The molecule has 49 valence electrons. The first kappa shape index (κ1) is 5.52. The van der Waals surface area contributed by atoms with E-state index in [0.717, 1.165) is 11.8 Å². The van der Waals surface area contributed by atoms with Crippen LogP contribution >= 0.6 is 0 Å². The van der Waals surface area contributed by atoms with Gasteiger partial charge in [-0.25, -0.2) is 0 Å². The molecular weight excluding hydrogens is 108 g/mol. The van der Waals surface area contributed by atoms with Crippen molar-refractivity contribution in [3.63, 3.8) is 0 Å². The first-order chi connectivity index (χ1) is 4.47. The van der Waals surface area contributed by atoms with E-state index >= 15 is 0 Å². The molecule has 9 heavy (non-hydrogen) atoms. The molecule has 0 nitrogen and oxygen atoms in total. The van der Waals surface area contributed by atoms with Crippen molar-refractivity contribution in [2.75, 3.05) is 0 Å². The molecule has 1 saturated carbocycles. The van der Waals surface area contributed by atoms with Crippen molar-refractivity contribution in [1.29, 1.82) is 0 Å². The number of hydrogen-bond acceptors (Lipinski definition) is 0. The highest BCUT2D eigenvalue weighted by Gasteiger charge is 2.29. The van der Waals surface area contributed by atoms with E-state index in [0.29, 0.717) is 0 Å². The van der Waals surface area contributed by atoms with Crippen LogP contribution in [0.25, 0.3) is 0 Å². The van der Waals surface area contributed by atoms with E-state index in [4.69, 9.17) is 0 Å². The van der Waals surface area contributed by atoms with Crippen LogP contribution in [0.4, 0.5) is 0 Å². The van der Waals surface area contributed by atoms with Gasteiger partial charge in [0.25, 0.3) is 0 Å². The standard InChI is InChI=1S/C9H13/c1-2-4-8(5-3-1)9-6-7-9/h5,8-9H,1-2,4,6-7H2. The van der Waals surface area contributed by atoms with Gasteiger partial charge in [0, 0.05) is 0 Å². The van der Waals surface area contributed by atoms with Crippen LogP contribution in [0.3, 0.4) is 0 Å². The van der Waals surface area contributed by atoms with Crippen molar-refractivity contribution in [1.82, 2.24) is 0 Å². The second-order valence-electron chi connectivity index (χ2n) is 3.26. The Morgan fingerprint density at radius 3 is 2.67 bits per heavy atom. The Kier molecular flexibility index (Phi) is 1.33. The van der Waals surface area contributed by atoms with Crippen molar-refractivity contribution in [2.45, 2.75) is 32.1 Å². The molecule has 0 heterocycles. The Hall–Kier alpha value is -0.260. The lowest BCUT2D eigenvalue weighted by Gasteiger charge is -2.13. The van der Waals surface area contributed by atoms with Crippen LogP contribution in [0.2, 0.25) is 0 Å². The van der Waals surface area contributed by atoms with E-state index in [-0.39, 0.29) is 0 Å². The molecule has 2 rings (SSSR count).